The van der Waals surface area contributed by atoms with Gasteiger partial charge in [0.15, 0.2) is 0 Å². The van der Waals surface area contributed by atoms with Gasteiger partial charge in [-0.1, -0.05) is 33.1 Å². The summed E-state index contributed by atoms with van der Waals surface area (Å²) in [5, 5.41) is 9.43. The molecule has 1 heterocycles. The van der Waals surface area contributed by atoms with Crippen LogP contribution in [0.5, 0.6) is 0 Å². The number of aliphatic hydroxyl groups excluding tert-OH is 1. The normalized spacial score (nSPS) is 16.6. The molecule has 1 N–H and O–H groups in total. The molecule has 1 aromatic heterocycles. The van der Waals surface area contributed by atoms with Crippen LogP contribution in [0.15, 0.2) is 12.1 Å². The van der Waals surface area contributed by atoms with Gasteiger partial charge < -0.3 is 10.0 Å². The minimum atomic E-state index is 0.0898. The molecule has 1 aliphatic carbocycles. The second-order valence-corrected chi connectivity index (χ2v) is 6.46. The lowest BCUT2D eigenvalue weighted by Crippen LogP contribution is -2.27. The zero-order valence-electron chi connectivity index (χ0n) is 13.1. The van der Waals surface area contributed by atoms with E-state index in [2.05, 4.69) is 25.8 Å². The molecule has 0 radical (unpaired) electrons. The Morgan fingerprint density at radius 1 is 1.25 bits per heavy atom. The highest BCUT2D eigenvalue weighted by atomic mass is 16.3. The molecule has 0 spiro atoms. The SMILES string of the molecule is CC(C)c1cc(CO)cc(N(C)CC2CCCCC2)n1. The Hall–Kier alpha value is -1.09. The van der Waals surface area contributed by atoms with E-state index in [1.54, 1.807) is 0 Å². The first-order valence-electron chi connectivity index (χ1n) is 7.93. The van der Waals surface area contributed by atoms with Crippen molar-refractivity contribution in [3.63, 3.8) is 0 Å². The van der Waals surface area contributed by atoms with Crippen molar-refractivity contribution in [2.75, 3.05) is 18.5 Å². The highest BCUT2D eigenvalue weighted by molar-refractivity contribution is 5.42. The average molecular weight is 276 g/mol. The van der Waals surface area contributed by atoms with Gasteiger partial charge >= 0.3 is 0 Å². The van der Waals surface area contributed by atoms with Gasteiger partial charge in [-0.2, -0.15) is 0 Å². The van der Waals surface area contributed by atoms with E-state index >= 15 is 0 Å². The van der Waals surface area contributed by atoms with E-state index in [0.717, 1.165) is 29.5 Å². The molecule has 20 heavy (non-hydrogen) atoms. The number of pyridine rings is 1. The van der Waals surface area contributed by atoms with Crippen LogP contribution in [-0.2, 0) is 6.61 Å². The number of anilines is 1. The lowest BCUT2D eigenvalue weighted by atomic mass is 9.89. The predicted octanol–water partition coefficient (Wildman–Crippen LogP) is 3.71. The van der Waals surface area contributed by atoms with Crippen molar-refractivity contribution in [3.05, 3.63) is 23.4 Å². The van der Waals surface area contributed by atoms with Gasteiger partial charge in [-0.25, -0.2) is 4.98 Å². The van der Waals surface area contributed by atoms with E-state index in [1.807, 2.05) is 12.1 Å². The topological polar surface area (TPSA) is 36.4 Å². The Labute approximate surface area is 123 Å². The quantitative estimate of drug-likeness (QED) is 0.890. The van der Waals surface area contributed by atoms with Crippen LogP contribution in [0.25, 0.3) is 0 Å². The molecule has 3 nitrogen and oxygen atoms in total. The average Bonchev–Trinajstić information content (AvgIpc) is 2.47. The molecule has 3 heteroatoms. The van der Waals surface area contributed by atoms with Crippen LogP contribution in [0.4, 0.5) is 5.82 Å². The van der Waals surface area contributed by atoms with Crippen LogP contribution >= 0.6 is 0 Å². The molecule has 0 amide bonds. The number of rotatable bonds is 5. The highest BCUT2D eigenvalue weighted by Crippen LogP contribution is 2.26. The van der Waals surface area contributed by atoms with Gasteiger partial charge in [-0.15, -0.1) is 0 Å². The number of nitrogens with zero attached hydrogens (tertiary/aromatic N) is 2. The molecular formula is C17H28N2O. The summed E-state index contributed by atoms with van der Waals surface area (Å²) in [5.41, 5.74) is 2.04. The summed E-state index contributed by atoms with van der Waals surface area (Å²) in [6, 6.07) is 4.04. The third kappa shape index (κ3) is 3.95. The van der Waals surface area contributed by atoms with Crippen molar-refractivity contribution in [2.24, 2.45) is 5.92 Å². The molecule has 1 fully saturated rings. The monoisotopic (exact) mass is 276 g/mol. The fourth-order valence-electron chi connectivity index (χ4n) is 3.03. The third-order valence-electron chi connectivity index (χ3n) is 4.31. The molecule has 0 saturated heterocycles. The van der Waals surface area contributed by atoms with Crippen LogP contribution in [0.1, 0.15) is 63.1 Å². The van der Waals surface area contributed by atoms with Crippen molar-refractivity contribution >= 4 is 5.82 Å². The summed E-state index contributed by atoms with van der Waals surface area (Å²) in [6.45, 7) is 5.47. The highest BCUT2D eigenvalue weighted by Gasteiger charge is 2.17. The van der Waals surface area contributed by atoms with Crippen molar-refractivity contribution in [2.45, 2.75) is 58.5 Å². The standard InChI is InChI=1S/C17H28N2O/c1-13(2)16-9-15(12-20)10-17(18-16)19(3)11-14-7-5-4-6-8-14/h9-10,13-14,20H,4-8,11-12H2,1-3H3. The van der Waals surface area contributed by atoms with Crippen LogP contribution in [0.2, 0.25) is 0 Å². The molecule has 1 aromatic rings. The molecule has 0 aromatic carbocycles. The molecular weight excluding hydrogens is 248 g/mol. The first-order valence-corrected chi connectivity index (χ1v) is 7.93. The van der Waals surface area contributed by atoms with E-state index in [0.29, 0.717) is 5.92 Å². The first-order chi connectivity index (χ1) is 9.60. The Morgan fingerprint density at radius 3 is 2.55 bits per heavy atom. The Morgan fingerprint density at radius 2 is 1.95 bits per heavy atom. The molecule has 1 saturated carbocycles. The second kappa shape index (κ2) is 7.07. The molecule has 2 rings (SSSR count). The summed E-state index contributed by atoms with van der Waals surface area (Å²) < 4.78 is 0. The summed E-state index contributed by atoms with van der Waals surface area (Å²) in [6.07, 6.45) is 6.85. The molecule has 112 valence electrons. The van der Waals surface area contributed by atoms with Gasteiger partial charge in [-0.3, -0.25) is 0 Å². The lowest BCUT2D eigenvalue weighted by Gasteiger charge is -2.28. The number of hydrogen-bond donors (Lipinski definition) is 1. The molecule has 1 aliphatic rings. The Balaban J connectivity index is 2.11. The van der Waals surface area contributed by atoms with Gasteiger partial charge in [0, 0.05) is 19.3 Å². The van der Waals surface area contributed by atoms with Crippen LogP contribution in [0.3, 0.4) is 0 Å². The summed E-state index contributed by atoms with van der Waals surface area (Å²) in [4.78, 5) is 7.03. The van der Waals surface area contributed by atoms with Crippen LogP contribution in [0, 0.1) is 5.92 Å². The van der Waals surface area contributed by atoms with E-state index in [4.69, 9.17) is 4.98 Å². The third-order valence-corrected chi connectivity index (χ3v) is 4.31. The van der Waals surface area contributed by atoms with Crippen molar-refractivity contribution < 1.29 is 5.11 Å². The lowest BCUT2D eigenvalue weighted by molar-refractivity contribution is 0.281. The van der Waals surface area contributed by atoms with Crippen molar-refractivity contribution in [1.29, 1.82) is 0 Å². The van der Waals surface area contributed by atoms with Gasteiger partial charge in [0.2, 0.25) is 0 Å². The van der Waals surface area contributed by atoms with Crippen LogP contribution in [-0.4, -0.2) is 23.7 Å². The first kappa shape index (κ1) is 15.3. The van der Waals surface area contributed by atoms with E-state index in [-0.39, 0.29) is 6.61 Å². The largest absolute Gasteiger partial charge is 0.392 e. The molecule has 0 atom stereocenters. The maximum Gasteiger partial charge on any atom is 0.128 e. The van der Waals surface area contributed by atoms with E-state index in [9.17, 15) is 5.11 Å². The van der Waals surface area contributed by atoms with Gasteiger partial charge in [0.1, 0.15) is 5.82 Å². The number of aromatic nitrogens is 1. The number of aliphatic hydroxyl groups is 1. The minimum Gasteiger partial charge on any atom is -0.392 e. The smallest absolute Gasteiger partial charge is 0.128 e. The molecule has 0 bridgehead atoms. The van der Waals surface area contributed by atoms with Crippen molar-refractivity contribution in [3.8, 4) is 0 Å². The maximum absolute atomic E-state index is 9.43. The minimum absolute atomic E-state index is 0.0898. The second-order valence-electron chi connectivity index (χ2n) is 6.46. The Kier molecular flexibility index (Phi) is 5.41. The summed E-state index contributed by atoms with van der Waals surface area (Å²) in [7, 11) is 2.13. The van der Waals surface area contributed by atoms with Gasteiger partial charge in [0.05, 0.1) is 6.61 Å². The van der Waals surface area contributed by atoms with Gasteiger partial charge in [0.25, 0.3) is 0 Å². The van der Waals surface area contributed by atoms with Crippen molar-refractivity contribution in [1.82, 2.24) is 4.98 Å². The predicted molar refractivity (Wildman–Crippen MR) is 84.1 cm³/mol. The fraction of sp³-hybridized carbons (Fsp3) is 0.706. The zero-order chi connectivity index (χ0) is 14.5. The molecule has 0 unspecified atom stereocenters. The summed E-state index contributed by atoms with van der Waals surface area (Å²) in [5.74, 6) is 2.20. The van der Waals surface area contributed by atoms with E-state index in [1.165, 1.54) is 32.1 Å². The number of hydrogen-bond acceptors (Lipinski definition) is 3. The van der Waals surface area contributed by atoms with Crippen LogP contribution < -0.4 is 4.90 Å². The Bertz CT molecular complexity index is 425. The van der Waals surface area contributed by atoms with Gasteiger partial charge in [-0.05, 0) is 42.4 Å². The fourth-order valence-corrected chi connectivity index (χ4v) is 3.03. The zero-order valence-corrected chi connectivity index (χ0v) is 13.1. The maximum atomic E-state index is 9.43. The molecule has 0 aliphatic heterocycles. The van der Waals surface area contributed by atoms with E-state index < -0.39 is 0 Å². The summed E-state index contributed by atoms with van der Waals surface area (Å²) >= 11 is 0.